The molecule has 1 atom stereocenters. The quantitative estimate of drug-likeness (QED) is 0.749. The van der Waals surface area contributed by atoms with Crippen LogP contribution >= 0.6 is 0 Å². The van der Waals surface area contributed by atoms with Crippen LogP contribution in [-0.2, 0) is 14.8 Å². The van der Waals surface area contributed by atoms with Gasteiger partial charge in [-0.1, -0.05) is 13.8 Å². The van der Waals surface area contributed by atoms with Gasteiger partial charge in [0, 0.05) is 0 Å². The Morgan fingerprint density at radius 1 is 1.42 bits per heavy atom. The van der Waals surface area contributed by atoms with Gasteiger partial charge in [0.15, 0.2) is 0 Å². The van der Waals surface area contributed by atoms with Crippen LogP contribution in [0.1, 0.15) is 13.8 Å². The summed E-state index contributed by atoms with van der Waals surface area (Å²) in [4.78, 5) is 10.6. The number of nitrogens with one attached hydrogen (secondary N) is 1. The minimum absolute atomic E-state index is 0.0894. The van der Waals surface area contributed by atoms with E-state index in [-0.39, 0.29) is 16.5 Å². The van der Waals surface area contributed by atoms with Gasteiger partial charge in [0.2, 0.25) is 10.0 Å². The first kappa shape index (κ1) is 15.4. The van der Waals surface area contributed by atoms with Gasteiger partial charge in [-0.2, -0.15) is 0 Å². The smallest absolute Gasteiger partial charge is 0.326 e. The van der Waals surface area contributed by atoms with Crippen molar-refractivity contribution in [3.8, 4) is 0 Å². The molecule has 1 rings (SSSR count). The number of nitrogens with two attached hydrogens (primary N) is 1. The summed E-state index contributed by atoms with van der Waals surface area (Å²) in [5.74, 6) is -2.27. The summed E-state index contributed by atoms with van der Waals surface area (Å²) in [6.07, 6.45) is 0. The molecule has 1 aromatic carbocycles. The molecule has 4 N–H and O–H groups in total. The molecule has 19 heavy (non-hydrogen) atoms. The highest BCUT2D eigenvalue weighted by molar-refractivity contribution is 7.89. The van der Waals surface area contributed by atoms with Gasteiger partial charge < -0.3 is 10.4 Å². The molecule has 0 heterocycles. The fourth-order valence-corrected chi connectivity index (χ4v) is 2.00. The standard InChI is InChI=1S/C11H15FN2O4S/c1-6(2)10(11(15)16)14-9-4-3-7(5-8(9)12)19(13,17)18/h3-6,10,14H,1-2H3,(H,15,16)(H2,13,17,18). The Kier molecular flexibility index (Phi) is 4.48. The fourth-order valence-electron chi connectivity index (χ4n) is 1.47. The van der Waals surface area contributed by atoms with Crippen LogP contribution in [0.3, 0.4) is 0 Å². The number of carbonyl (C=O) groups is 1. The SMILES string of the molecule is CC(C)C(Nc1ccc(S(N)(=O)=O)cc1F)C(=O)O. The van der Waals surface area contributed by atoms with Crippen molar-refractivity contribution in [3.63, 3.8) is 0 Å². The van der Waals surface area contributed by atoms with Crippen molar-refractivity contribution in [1.29, 1.82) is 0 Å². The Morgan fingerprint density at radius 3 is 2.37 bits per heavy atom. The van der Waals surface area contributed by atoms with E-state index in [4.69, 9.17) is 10.2 Å². The number of carboxylic acids is 1. The van der Waals surface area contributed by atoms with E-state index in [1.54, 1.807) is 13.8 Å². The molecule has 0 aliphatic carbocycles. The highest BCUT2D eigenvalue weighted by atomic mass is 32.2. The molecule has 0 aliphatic rings. The molecule has 0 spiro atoms. The molecule has 106 valence electrons. The van der Waals surface area contributed by atoms with Crippen molar-refractivity contribution >= 4 is 21.7 Å². The number of anilines is 1. The monoisotopic (exact) mass is 290 g/mol. The van der Waals surface area contributed by atoms with Crippen molar-refractivity contribution in [2.75, 3.05) is 5.32 Å². The lowest BCUT2D eigenvalue weighted by Crippen LogP contribution is -2.34. The highest BCUT2D eigenvalue weighted by Crippen LogP contribution is 2.20. The van der Waals surface area contributed by atoms with Crippen molar-refractivity contribution in [2.45, 2.75) is 24.8 Å². The Morgan fingerprint density at radius 2 is 2.00 bits per heavy atom. The molecule has 0 aromatic heterocycles. The van der Waals surface area contributed by atoms with E-state index < -0.39 is 27.9 Å². The van der Waals surface area contributed by atoms with Crippen LogP contribution < -0.4 is 10.5 Å². The number of aliphatic carboxylic acids is 1. The van der Waals surface area contributed by atoms with E-state index in [2.05, 4.69) is 5.32 Å². The van der Waals surface area contributed by atoms with Gasteiger partial charge in [0.05, 0.1) is 10.6 Å². The van der Waals surface area contributed by atoms with Crippen LogP contribution in [0.5, 0.6) is 0 Å². The van der Waals surface area contributed by atoms with Gasteiger partial charge in [0.1, 0.15) is 11.9 Å². The Hall–Kier alpha value is -1.67. The van der Waals surface area contributed by atoms with Crippen LogP contribution in [0.25, 0.3) is 0 Å². The average molecular weight is 290 g/mol. The molecule has 0 fully saturated rings. The lowest BCUT2D eigenvalue weighted by molar-refractivity contribution is -0.138. The summed E-state index contributed by atoms with van der Waals surface area (Å²) in [6.45, 7) is 3.34. The van der Waals surface area contributed by atoms with E-state index in [0.29, 0.717) is 0 Å². The van der Waals surface area contributed by atoms with E-state index >= 15 is 0 Å². The second-order valence-corrected chi connectivity index (χ2v) is 5.95. The van der Waals surface area contributed by atoms with Crippen molar-refractivity contribution in [1.82, 2.24) is 0 Å². The summed E-state index contributed by atoms with van der Waals surface area (Å²) >= 11 is 0. The number of carboxylic acid groups (broad SMARTS) is 1. The normalized spacial score (nSPS) is 13.3. The maximum absolute atomic E-state index is 13.7. The first-order chi connectivity index (χ1) is 8.62. The van der Waals surface area contributed by atoms with Gasteiger partial charge in [-0.15, -0.1) is 0 Å². The zero-order valence-corrected chi connectivity index (χ0v) is 11.2. The van der Waals surface area contributed by atoms with Crippen LogP contribution in [-0.4, -0.2) is 25.5 Å². The number of halogens is 1. The second-order valence-electron chi connectivity index (χ2n) is 4.39. The minimum Gasteiger partial charge on any atom is -0.480 e. The van der Waals surface area contributed by atoms with Crippen LogP contribution in [0.15, 0.2) is 23.1 Å². The van der Waals surface area contributed by atoms with Crippen molar-refractivity contribution in [3.05, 3.63) is 24.0 Å². The number of hydrogen-bond acceptors (Lipinski definition) is 4. The van der Waals surface area contributed by atoms with Gasteiger partial charge in [-0.25, -0.2) is 22.7 Å². The largest absolute Gasteiger partial charge is 0.480 e. The molecular formula is C11H15FN2O4S. The summed E-state index contributed by atoms with van der Waals surface area (Å²) in [5, 5.41) is 16.4. The third kappa shape index (κ3) is 3.90. The first-order valence-electron chi connectivity index (χ1n) is 5.44. The molecule has 0 radical (unpaired) electrons. The minimum atomic E-state index is -3.99. The number of primary sulfonamides is 1. The van der Waals surface area contributed by atoms with Crippen molar-refractivity contribution < 1.29 is 22.7 Å². The molecule has 1 unspecified atom stereocenters. The molecule has 0 bridgehead atoms. The predicted molar refractivity (Wildman–Crippen MR) is 67.7 cm³/mol. The third-order valence-electron chi connectivity index (χ3n) is 2.51. The molecule has 0 saturated carbocycles. The van der Waals surface area contributed by atoms with E-state index in [1.165, 1.54) is 0 Å². The average Bonchev–Trinajstić information content (AvgIpc) is 2.24. The van der Waals surface area contributed by atoms with Crippen LogP contribution in [0, 0.1) is 11.7 Å². The molecule has 8 heteroatoms. The Bertz CT molecular complexity index is 586. The van der Waals surface area contributed by atoms with Crippen LogP contribution in [0.4, 0.5) is 10.1 Å². The maximum atomic E-state index is 13.7. The molecular weight excluding hydrogens is 275 g/mol. The molecule has 0 saturated heterocycles. The van der Waals surface area contributed by atoms with E-state index in [0.717, 1.165) is 18.2 Å². The summed E-state index contributed by atoms with van der Waals surface area (Å²) in [6, 6.07) is 2.03. The second kappa shape index (κ2) is 5.54. The first-order valence-corrected chi connectivity index (χ1v) is 6.99. The zero-order valence-electron chi connectivity index (χ0n) is 10.4. The lowest BCUT2D eigenvalue weighted by Gasteiger charge is -2.19. The zero-order chi connectivity index (χ0) is 14.8. The topological polar surface area (TPSA) is 109 Å². The Balaban J connectivity index is 3.07. The Labute approximate surface area is 110 Å². The molecule has 0 aliphatic heterocycles. The lowest BCUT2D eigenvalue weighted by atomic mass is 10.0. The van der Waals surface area contributed by atoms with Crippen molar-refractivity contribution in [2.24, 2.45) is 11.1 Å². The number of rotatable bonds is 5. The van der Waals surface area contributed by atoms with Gasteiger partial charge in [0.25, 0.3) is 0 Å². The third-order valence-corrected chi connectivity index (χ3v) is 3.42. The van der Waals surface area contributed by atoms with E-state index in [9.17, 15) is 17.6 Å². The van der Waals surface area contributed by atoms with Gasteiger partial charge >= 0.3 is 5.97 Å². The highest BCUT2D eigenvalue weighted by Gasteiger charge is 2.22. The van der Waals surface area contributed by atoms with Crippen LogP contribution in [0.2, 0.25) is 0 Å². The molecule has 6 nitrogen and oxygen atoms in total. The number of hydrogen-bond donors (Lipinski definition) is 3. The maximum Gasteiger partial charge on any atom is 0.326 e. The molecule has 1 aromatic rings. The fraction of sp³-hybridized carbons (Fsp3) is 0.364. The van der Waals surface area contributed by atoms with Gasteiger partial charge in [-0.3, -0.25) is 0 Å². The van der Waals surface area contributed by atoms with Gasteiger partial charge in [-0.05, 0) is 24.1 Å². The molecule has 0 amide bonds. The predicted octanol–water partition coefficient (Wildman–Crippen LogP) is 0.994. The number of benzene rings is 1. The van der Waals surface area contributed by atoms with E-state index in [1.807, 2.05) is 0 Å². The summed E-state index contributed by atoms with van der Waals surface area (Å²) < 4.78 is 35.8. The summed E-state index contributed by atoms with van der Waals surface area (Å²) in [5.41, 5.74) is -0.0894. The summed E-state index contributed by atoms with van der Waals surface area (Å²) in [7, 11) is -3.99. The number of sulfonamides is 1.